The van der Waals surface area contributed by atoms with E-state index in [1.807, 2.05) is 6.92 Å². The summed E-state index contributed by atoms with van der Waals surface area (Å²) in [6, 6.07) is 6.86. The molecule has 1 amide bonds. The van der Waals surface area contributed by atoms with Crippen molar-refractivity contribution in [2.75, 3.05) is 18.7 Å². The number of aromatic nitrogens is 4. The van der Waals surface area contributed by atoms with Crippen LogP contribution in [0.25, 0.3) is 11.2 Å². The van der Waals surface area contributed by atoms with Crippen LogP contribution >= 0.6 is 7.44 Å². The van der Waals surface area contributed by atoms with Gasteiger partial charge < -0.3 is 19.8 Å². The van der Waals surface area contributed by atoms with Crippen molar-refractivity contribution >= 4 is 36.3 Å². The van der Waals surface area contributed by atoms with Gasteiger partial charge in [0.05, 0.1) is 25.6 Å². The van der Waals surface area contributed by atoms with Crippen LogP contribution < -0.4 is 15.9 Å². The molecule has 0 fully saturated rings. The molecule has 2 aromatic heterocycles. The third kappa shape index (κ3) is 8.32. The van der Waals surface area contributed by atoms with E-state index in [9.17, 15) is 14.2 Å². The zero-order chi connectivity index (χ0) is 28.6. The topological polar surface area (TPSA) is 163 Å². The number of carbonyl (C=O) groups is 2. The SMILES string of the molecule is CCCCCOC(=O)C(C)(C)NP(=O)(CO[C@H](C)Cn1cnc2c(N)ncnc21)NC(=O)c1ccc(C)cc1. The van der Waals surface area contributed by atoms with Crippen molar-refractivity contribution in [3.63, 3.8) is 0 Å². The van der Waals surface area contributed by atoms with Crippen LogP contribution in [0.15, 0.2) is 36.9 Å². The molecule has 12 nitrogen and oxygen atoms in total. The number of fused-ring (bicyclic) bond motifs is 1. The number of amides is 1. The average Bonchev–Trinajstić information content (AvgIpc) is 3.29. The fourth-order valence-corrected chi connectivity index (χ4v) is 5.92. The zero-order valence-corrected chi connectivity index (χ0v) is 24.0. The Hall–Kier alpha value is -3.34. The number of hydrogen-bond donors (Lipinski definition) is 3. The molecule has 2 heterocycles. The molecule has 0 spiro atoms. The van der Waals surface area contributed by atoms with Gasteiger partial charge in [-0.3, -0.25) is 19.2 Å². The fraction of sp³-hybridized carbons (Fsp3) is 0.500. The number of ether oxygens (including phenoxy) is 2. The predicted octanol–water partition coefficient (Wildman–Crippen LogP) is 3.80. The number of hydrogen-bond acceptors (Lipinski definition) is 9. The molecule has 0 saturated carbocycles. The maximum Gasteiger partial charge on any atom is 0.326 e. The van der Waals surface area contributed by atoms with E-state index in [2.05, 4.69) is 32.1 Å². The number of nitrogens with one attached hydrogen (secondary N) is 2. The van der Waals surface area contributed by atoms with Crippen molar-refractivity contribution in [3.05, 3.63) is 48.0 Å². The molecule has 39 heavy (non-hydrogen) atoms. The highest BCUT2D eigenvalue weighted by molar-refractivity contribution is 7.60. The molecule has 0 aliphatic rings. The van der Waals surface area contributed by atoms with Crippen LogP contribution in [0.4, 0.5) is 5.82 Å². The largest absolute Gasteiger partial charge is 0.464 e. The average molecular weight is 560 g/mol. The first kappa shape index (κ1) is 30.2. The summed E-state index contributed by atoms with van der Waals surface area (Å²) in [4.78, 5) is 38.2. The molecule has 212 valence electrons. The molecule has 3 aromatic rings. The summed E-state index contributed by atoms with van der Waals surface area (Å²) in [6.45, 7) is 9.45. The van der Waals surface area contributed by atoms with Gasteiger partial charge in [-0.1, -0.05) is 37.5 Å². The van der Waals surface area contributed by atoms with Crippen molar-refractivity contribution in [1.29, 1.82) is 0 Å². The molecular formula is C26H38N7O5P. The molecule has 1 unspecified atom stereocenters. The maximum atomic E-state index is 14.1. The first-order valence-corrected chi connectivity index (χ1v) is 14.8. The van der Waals surface area contributed by atoms with Crippen molar-refractivity contribution in [2.45, 2.75) is 72.1 Å². The van der Waals surface area contributed by atoms with Gasteiger partial charge in [0.15, 0.2) is 11.5 Å². The summed E-state index contributed by atoms with van der Waals surface area (Å²) in [5, 5.41) is 5.43. The van der Waals surface area contributed by atoms with E-state index in [1.165, 1.54) is 6.33 Å². The van der Waals surface area contributed by atoms with Crippen molar-refractivity contribution in [1.82, 2.24) is 29.7 Å². The minimum Gasteiger partial charge on any atom is -0.464 e. The molecule has 0 aliphatic carbocycles. The van der Waals surface area contributed by atoms with Gasteiger partial charge in [-0.25, -0.2) is 20.0 Å². The number of unbranched alkanes of at least 4 members (excludes halogenated alkanes) is 2. The third-order valence-electron chi connectivity index (χ3n) is 5.97. The van der Waals surface area contributed by atoms with E-state index in [0.717, 1.165) is 24.8 Å². The van der Waals surface area contributed by atoms with Crippen LogP contribution in [0.2, 0.25) is 0 Å². The molecular weight excluding hydrogens is 521 g/mol. The first-order chi connectivity index (χ1) is 18.4. The number of nitrogens with zero attached hydrogens (tertiary/aromatic N) is 4. The number of nitrogen functional groups attached to an aromatic ring is 1. The summed E-state index contributed by atoms with van der Waals surface area (Å²) < 4.78 is 27.2. The monoisotopic (exact) mass is 559 g/mol. The van der Waals surface area contributed by atoms with E-state index >= 15 is 0 Å². The van der Waals surface area contributed by atoms with Gasteiger partial charge in [0.1, 0.15) is 23.7 Å². The lowest BCUT2D eigenvalue weighted by atomic mass is 10.1. The lowest BCUT2D eigenvalue weighted by molar-refractivity contribution is -0.149. The summed E-state index contributed by atoms with van der Waals surface area (Å²) in [6.07, 6.45) is 4.75. The van der Waals surface area contributed by atoms with Gasteiger partial charge in [-0.2, -0.15) is 0 Å². The number of carbonyl (C=O) groups excluding carboxylic acids is 2. The standard InChI is InChI=1S/C26H38N7O5P/c1-6-7-8-13-37-25(35)26(4,5)32-39(36,31-24(34)20-11-9-18(2)10-12-20)17-38-19(3)14-33-16-30-21-22(27)28-15-29-23(21)33/h9-12,15-16,19H,6-8,13-14,17H2,1-5H3,(H2,27,28,29)(H2,31,32,34,36)/t19-,39?/m1/s1. The molecule has 3 rings (SSSR count). The first-order valence-electron chi connectivity index (χ1n) is 12.9. The molecule has 0 aliphatic heterocycles. The number of anilines is 1. The Morgan fingerprint density at radius 2 is 1.87 bits per heavy atom. The molecule has 2 atom stereocenters. The summed E-state index contributed by atoms with van der Waals surface area (Å²) in [7, 11) is -3.82. The van der Waals surface area contributed by atoms with Crippen molar-refractivity contribution in [3.8, 4) is 0 Å². The van der Waals surface area contributed by atoms with Gasteiger partial charge in [-0.15, -0.1) is 0 Å². The minimum absolute atomic E-state index is 0.262. The van der Waals surface area contributed by atoms with E-state index in [1.54, 1.807) is 55.9 Å². The van der Waals surface area contributed by atoms with Crippen LogP contribution in [-0.4, -0.2) is 56.0 Å². The van der Waals surface area contributed by atoms with Crippen LogP contribution in [0.1, 0.15) is 62.9 Å². The molecule has 4 N–H and O–H groups in total. The molecule has 13 heteroatoms. The quantitative estimate of drug-likeness (QED) is 0.150. The number of aryl methyl sites for hydroxylation is 1. The van der Waals surface area contributed by atoms with Crippen LogP contribution in [0.3, 0.4) is 0 Å². The molecule has 0 bridgehead atoms. The Bertz CT molecular complexity index is 1330. The molecule has 0 radical (unpaired) electrons. The Kier molecular flexibility index (Phi) is 10.2. The summed E-state index contributed by atoms with van der Waals surface area (Å²) in [5.74, 6) is -0.857. The van der Waals surface area contributed by atoms with Gasteiger partial charge in [0.25, 0.3) is 13.4 Å². The number of nitrogens with two attached hydrogens (primary N) is 1. The number of esters is 1. The van der Waals surface area contributed by atoms with Crippen LogP contribution in [0.5, 0.6) is 0 Å². The smallest absolute Gasteiger partial charge is 0.326 e. The van der Waals surface area contributed by atoms with E-state index in [0.29, 0.717) is 23.3 Å². The van der Waals surface area contributed by atoms with E-state index in [-0.39, 0.29) is 18.8 Å². The second-order valence-corrected chi connectivity index (χ2v) is 12.2. The van der Waals surface area contributed by atoms with Gasteiger partial charge in [0, 0.05) is 5.56 Å². The van der Waals surface area contributed by atoms with E-state index in [4.69, 9.17) is 15.2 Å². The Balaban J connectivity index is 1.74. The highest BCUT2D eigenvalue weighted by atomic mass is 31.2. The molecule has 1 aromatic carbocycles. The second kappa shape index (κ2) is 13.1. The summed E-state index contributed by atoms with van der Waals surface area (Å²) in [5.41, 5.74) is 6.84. The van der Waals surface area contributed by atoms with Crippen molar-refractivity contribution < 1.29 is 23.6 Å². The fourth-order valence-electron chi connectivity index (χ4n) is 3.81. The number of rotatable bonds is 14. The molecule has 0 saturated heterocycles. The van der Waals surface area contributed by atoms with Gasteiger partial charge in [0.2, 0.25) is 0 Å². The third-order valence-corrected chi connectivity index (χ3v) is 7.97. The van der Waals surface area contributed by atoms with Crippen LogP contribution in [-0.2, 0) is 25.4 Å². The number of benzene rings is 1. The maximum absolute atomic E-state index is 14.1. The highest BCUT2D eigenvalue weighted by Crippen LogP contribution is 2.40. The normalized spacial score (nSPS) is 14.1. The van der Waals surface area contributed by atoms with Crippen molar-refractivity contribution in [2.24, 2.45) is 0 Å². The highest BCUT2D eigenvalue weighted by Gasteiger charge is 2.39. The Morgan fingerprint density at radius 3 is 2.56 bits per heavy atom. The Labute approximate surface area is 228 Å². The summed E-state index contributed by atoms with van der Waals surface area (Å²) >= 11 is 0. The Morgan fingerprint density at radius 1 is 1.15 bits per heavy atom. The van der Waals surface area contributed by atoms with E-state index < -0.39 is 31.0 Å². The van der Waals surface area contributed by atoms with Gasteiger partial charge in [-0.05, 0) is 46.2 Å². The lowest BCUT2D eigenvalue weighted by Crippen LogP contribution is -2.49. The lowest BCUT2D eigenvalue weighted by Gasteiger charge is -2.31. The zero-order valence-electron chi connectivity index (χ0n) is 23.1. The second-order valence-electron chi connectivity index (χ2n) is 10.1. The predicted molar refractivity (Wildman–Crippen MR) is 149 cm³/mol. The minimum atomic E-state index is -3.82. The van der Waals surface area contributed by atoms with Crippen LogP contribution in [0, 0.1) is 6.92 Å². The van der Waals surface area contributed by atoms with Gasteiger partial charge >= 0.3 is 5.97 Å². The number of imidazole rings is 1.